The first kappa shape index (κ1) is 16.7. The van der Waals surface area contributed by atoms with E-state index < -0.39 is 22.8 Å². The van der Waals surface area contributed by atoms with Gasteiger partial charge < -0.3 is 10.6 Å². The van der Waals surface area contributed by atoms with Crippen LogP contribution >= 0.6 is 11.6 Å². The van der Waals surface area contributed by atoms with Crippen molar-refractivity contribution < 1.29 is 18.0 Å². The molecule has 2 rings (SSSR count). The number of rotatable bonds is 2. The summed E-state index contributed by atoms with van der Waals surface area (Å²) in [7, 11) is 0. The van der Waals surface area contributed by atoms with Gasteiger partial charge in [0.05, 0.1) is 10.6 Å². The van der Waals surface area contributed by atoms with E-state index in [2.05, 4.69) is 10.6 Å². The second-order valence-corrected chi connectivity index (χ2v) is 5.56. The zero-order valence-electron chi connectivity index (χ0n) is 11.8. The van der Waals surface area contributed by atoms with Crippen LogP contribution in [0.2, 0.25) is 5.02 Å². The first-order valence-electron chi connectivity index (χ1n) is 6.98. The van der Waals surface area contributed by atoms with Crippen LogP contribution in [0.3, 0.4) is 0 Å². The molecule has 1 aromatic rings. The average molecular weight is 333 g/mol. The Morgan fingerprint density at radius 2 is 1.86 bits per heavy atom. The van der Waals surface area contributed by atoms with Gasteiger partial charge in [0.25, 0.3) is 0 Å². The number of carbonyl (C=O) groups is 1. The van der Waals surface area contributed by atoms with Gasteiger partial charge in [0.15, 0.2) is 0 Å². The van der Waals surface area contributed by atoms with Crippen LogP contribution < -0.4 is 10.6 Å². The third-order valence-corrected chi connectivity index (χ3v) is 3.76. The second-order valence-electron chi connectivity index (χ2n) is 5.15. The summed E-state index contributed by atoms with van der Waals surface area (Å²) >= 11 is 5.52. The van der Waals surface area contributed by atoms with Crippen molar-refractivity contribution in [2.75, 3.05) is 5.32 Å². The highest BCUT2D eigenvalue weighted by Gasteiger charge is 2.33. The molecule has 1 aliphatic carbocycles. The van der Waals surface area contributed by atoms with Gasteiger partial charge in [-0.05, 0) is 43.9 Å². The van der Waals surface area contributed by atoms with Crippen LogP contribution in [0, 0.1) is 0 Å². The predicted molar refractivity (Wildman–Crippen MR) is 79.8 cm³/mol. The lowest BCUT2D eigenvalue weighted by molar-refractivity contribution is -0.137. The Bertz CT molecular complexity index is 577. The standard InChI is InChI=1S/C15H16ClF3N2O/c16-13-7-6-11(8-12(13)15(17,18)19)21-14(22)20-9-10-4-2-1-3-5-10/h6-9H,1-5H2,(H2,20,21,22). The van der Waals surface area contributed by atoms with Gasteiger partial charge >= 0.3 is 12.2 Å². The molecule has 0 saturated heterocycles. The van der Waals surface area contributed by atoms with Gasteiger partial charge in [-0.15, -0.1) is 0 Å². The summed E-state index contributed by atoms with van der Waals surface area (Å²) in [4.78, 5) is 11.7. The van der Waals surface area contributed by atoms with Crippen molar-refractivity contribution in [1.82, 2.24) is 5.32 Å². The highest BCUT2D eigenvalue weighted by atomic mass is 35.5. The van der Waals surface area contributed by atoms with Crippen LogP contribution in [-0.4, -0.2) is 6.03 Å². The number of benzene rings is 1. The monoisotopic (exact) mass is 332 g/mol. The van der Waals surface area contributed by atoms with Gasteiger partial charge in [0.1, 0.15) is 0 Å². The molecule has 1 fully saturated rings. The Balaban J connectivity index is 1.99. The first-order chi connectivity index (χ1) is 10.4. The van der Waals surface area contributed by atoms with Gasteiger partial charge in [-0.3, -0.25) is 0 Å². The number of alkyl halides is 3. The fourth-order valence-corrected chi connectivity index (χ4v) is 2.53. The van der Waals surface area contributed by atoms with Gasteiger partial charge in [0.2, 0.25) is 0 Å². The van der Waals surface area contributed by atoms with Crippen molar-refractivity contribution >= 4 is 23.3 Å². The second kappa shape index (κ2) is 7.05. The molecule has 7 heteroatoms. The Hall–Kier alpha value is -1.69. The largest absolute Gasteiger partial charge is 0.417 e. The molecule has 22 heavy (non-hydrogen) atoms. The molecule has 1 aliphatic rings. The molecule has 0 bridgehead atoms. The number of anilines is 1. The normalized spacial score (nSPS) is 15.4. The molecule has 0 spiro atoms. The fourth-order valence-electron chi connectivity index (χ4n) is 2.31. The maximum Gasteiger partial charge on any atom is 0.417 e. The van der Waals surface area contributed by atoms with E-state index in [1.165, 1.54) is 12.5 Å². The number of nitrogens with one attached hydrogen (secondary N) is 2. The fraction of sp³-hybridized carbons (Fsp3) is 0.400. The van der Waals surface area contributed by atoms with E-state index in [9.17, 15) is 18.0 Å². The van der Waals surface area contributed by atoms with Crippen LogP contribution in [0.15, 0.2) is 30.0 Å². The topological polar surface area (TPSA) is 41.1 Å². The van der Waals surface area contributed by atoms with E-state index in [0.717, 1.165) is 43.4 Å². The lowest BCUT2D eigenvalue weighted by Crippen LogP contribution is -2.24. The van der Waals surface area contributed by atoms with Crippen LogP contribution in [0.1, 0.15) is 37.7 Å². The third-order valence-electron chi connectivity index (χ3n) is 3.43. The molecule has 3 nitrogen and oxygen atoms in total. The van der Waals surface area contributed by atoms with E-state index in [0.29, 0.717) is 0 Å². The number of urea groups is 1. The van der Waals surface area contributed by atoms with Crippen LogP contribution in [0.4, 0.5) is 23.7 Å². The summed E-state index contributed by atoms with van der Waals surface area (Å²) in [5, 5.41) is 4.52. The zero-order valence-corrected chi connectivity index (χ0v) is 12.5. The van der Waals surface area contributed by atoms with Crippen molar-refractivity contribution in [2.45, 2.75) is 38.3 Å². The summed E-state index contributed by atoms with van der Waals surface area (Å²) in [6.45, 7) is 0. The lowest BCUT2D eigenvalue weighted by atomic mass is 9.96. The molecule has 0 aromatic heterocycles. The SMILES string of the molecule is O=C(NC=C1CCCCC1)Nc1ccc(Cl)c(C(F)(F)F)c1. The molecule has 120 valence electrons. The quantitative estimate of drug-likeness (QED) is 0.755. The zero-order chi connectivity index (χ0) is 16.2. The Kier molecular flexibility index (Phi) is 5.34. The van der Waals surface area contributed by atoms with E-state index >= 15 is 0 Å². The molecular weight excluding hydrogens is 317 g/mol. The number of halogens is 4. The van der Waals surface area contributed by atoms with Crippen molar-refractivity contribution in [3.63, 3.8) is 0 Å². The first-order valence-corrected chi connectivity index (χ1v) is 7.36. The predicted octanol–water partition coefficient (Wildman–Crippen LogP) is 5.33. The van der Waals surface area contributed by atoms with Crippen molar-refractivity contribution in [3.05, 3.63) is 40.6 Å². The maximum absolute atomic E-state index is 12.7. The number of carbonyl (C=O) groups excluding carboxylic acids is 1. The molecule has 0 unspecified atom stereocenters. The lowest BCUT2D eigenvalue weighted by Gasteiger charge is -2.14. The molecule has 0 radical (unpaired) electrons. The highest BCUT2D eigenvalue weighted by molar-refractivity contribution is 6.31. The van der Waals surface area contributed by atoms with Crippen LogP contribution in [-0.2, 0) is 6.18 Å². The van der Waals surface area contributed by atoms with Gasteiger partial charge in [-0.1, -0.05) is 23.6 Å². The van der Waals surface area contributed by atoms with E-state index in [-0.39, 0.29) is 5.69 Å². The summed E-state index contributed by atoms with van der Waals surface area (Å²) in [6, 6.07) is 2.67. The number of hydrogen-bond donors (Lipinski definition) is 2. The van der Waals surface area contributed by atoms with E-state index in [1.54, 1.807) is 6.20 Å². The van der Waals surface area contributed by atoms with Gasteiger partial charge in [-0.2, -0.15) is 13.2 Å². The molecule has 1 saturated carbocycles. The van der Waals surface area contributed by atoms with E-state index in [4.69, 9.17) is 11.6 Å². The molecule has 0 atom stereocenters. The minimum Gasteiger partial charge on any atom is -0.314 e. The smallest absolute Gasteiger partial charge is 0.314 e. The number of allylic oxidation sites excluding steroid dienone is 1. The molecular formula is C15H16ClF3N2O. The molecule has 2 N–H and O–H groups in total. The van der Waals surface area contributed by atoms with E-state index in [1.807, 2.05) is 0 Å². The Morgan fingerprint density at radius 1 is 1.18 bits per heavy atom. The minimum atomic E-state index is -4.56. The van der Waals surface area contributed by atoms with Crippen molar-refractivity contribution in [3.8, 4) is 0 Å². The Labute approximate surface area is 131 Å². The minimum absolute atomic E-state index is 0.0382. The highest BCUT2D eigenvalue weighted by Crippen LogP contribution is 2.36. The maximum atomic E-state index is 12.7. The Morgan fingerprint density at radius 3 is 2.50 bits per heavy atom. The molecule has 0 aliphatic heterocycles. The number of amides is 2. The molecule has 1 aromatic carbocycles. The summed E-state index contributed by atoms with van der Waals surface area (Å²) < 4.78 is 38.2. The van der Waals surface area contributed by atoms with Gasteiger partial charge in [0, 0.05) is 11.9 Å². The summed E-state index contributed by atoms with van der Waals surface area (Å²) in [5.41, 5.74) is 0.211. The van der Waals surface area contributed by atoms with Crippen LogP contribution in [0.25, 0.3) is 0 Å². The summed E-state index contributed by atoms with van der Waals surface area (Å²) in [6.07, 6.45) is 2.35. The third kappa shape index (κ3) is 4.66. The molecule has 0 heterocycles. The van der Waals surface area contributed by atoms with Crippen molar-refractivity contribution in [1.29, 1.82) is 0 Å². The van der Waals surface area contributed by atoms with Gasteiger partial charge in [-0.25, -0.2) is 4.79 Å². The molecule has 2 amide bonds. The summed E-state index contributed by atoms with van der Waals surface area (Å²) in [5.74, 6) is 0. The van der Waals surface area contributed by atoms with Crippen LogP contribution in [0.5, 0.6) is 0 Å². The van der Waals surface area contributed by atoms with Crippen molar-refractivity contribution in [2.24, 2.45) is 0 Å². The average Bonchev–Trinajstić information content (AvgIpc) is 2.47. The number of hydrogen-bond acceptors (Lipinski definition) is 1.